The molecule has 110 valence electrons. The Hall–Kier alpha value is -0.650. The summed E-state index contributed by atoms with van der Waals surface area (Å²) in [5, 5.41) is 2.75. The molecule has 0 unspecified atom stereocenters. The van der Waals surface area contributed by atoms with Crippen LogP contribution in [0.5, 0.6) is 0 Å². The predicted octanol–water partition coefficient (Wildman–Crippen LogP) is 1.58. The standard InChI is InChI=1S/C11H25N3O2.C2H6/c1-9(15)13-7-6-11(4,5)16-8-10(2,3)14-12;1-2/h14H,6-8,12H2,1-5H3,(H,13,15);1-2H3. The molecule has 0 aromatic carbocycles. The molecule has 0 aromatic rings. The van der Waals surface area contributed by atoms with Gasteiger partial charge in [-0.15, -0.1) is 0 Å². The van der Waals surface area contributed by atoms with E-state index in [9.17, 15) is 4.79 Å². The smallest absolute Gasteiger partial charge is 0.216 e. The predicted molar refractivity (Wildman–Crippen MR) is 76.1 cm³/mol. The largest absolute Gasteiger partial charge is 0.374 e. The van der Waals surface area contributed by atoms with Crippen LogP contribution in [0.2, 0.25) is 0 Å². The minimum Gasteiger partial charge on any atom is -0.374 e. The molecule has 5 nitrogen and oxygen atoms in total. The Morgan fingerprint density at radius 3 is 2.11 bits per heavy atom. The van der Waals surface area contributed by atoms with Gasteiger partial charge < -0.3 is 10.1 Å². The van der Waals surface area contributed by atoms with Crippen LogP contribution in [0.25, 0.3) is 0 Å². The Labute approximate surface area is 112 Å². The van der Waals surface area contributed by atoms with Crippen LogP contribution < -0.4 is 16.6 Å². The number of nitrogens with two attached hydrogens (primary N) is 1. The number of hydrazine groups is 1. The van der Waals surface area contributed by atoms with E-state index >= 15 is 0 Å². The number of carbonyl (C=O) groups excluding carboxylic acids is 1. The normalized spacial score (nSPS) is 11.6. The van der Waals surface area contributed by atoms with Crippen LogP contribution in [0.3, 0.4) is 0 Å². The second-order valence-corrected chi connectivity index (χ2v) is 5.31. The number of hydrogen-bond acceptors (Lipinski definition) is 4. The fourth-order valence-electron chi connectivity index (χ4n) is 1.03. The molecule has 0 atom stereocenters. The van der Waals surface area contributed by atoms with E-state index < -0.39 is 0 Å². The lowest BCUT2D eigenvalue weighted by Gasteiger charge is -2.31. The number of ether oxygens (including phenoxy) is 1. The van der Waals surface area contributed by atoms with Gasteiger partial charge in [0.05, 0.1) is 12.2 Å². The molecule has 0 spiro atoms. The highest BCUT2D eigenvalue weighted by Gasteiger charge is 2.23. The van der Waals surface area contributed by atoms with Crippen molar-refractivity contribution >= 4 is 5.91 Å². The third-order valence-electron chi connectivity index (χ3n) is 2.32. The summed E-state index contributed by atoms with van der Waals surface area (Å²) in [4.78, 5) is 10.7. The Balaban J connectivity index is 0. The van der Waals surface area contributed by atoms with Gasteiger partial charge in [0.2, 0.25) is 5.91 Å². The molecule has 18 heavy (non-hydrogen) atoms. The SMILES string of the molecule is CC.CC(=O)NCCC(C)(C)OCC(C)(C)NN. The first-order chi connectivity index (χ1) is 8.18. The first-order valence-corrected chi connectivity index (χ1v) is 6.55. The van der Waals surface area contributed by atoms with Crippen LogP contribution in [-0.4, -0.2) is 30.2 Å². The molecule has 0 aromatic heterocycles. The van der Waals surface area contributed by atoms with Gasteiger partial charge in [-0.1, -0.05) is 13.8 Å². The lowest BCUT2D eigenvalue weighted by atomic mass is 10.0. The van der Waals surface area contributed by atoms with E-state index in [2.05, 4.69) is 10.7 Å². The van der Waals surface area contributed by atoms with Gasteiger partial charge in [-0.05, 0) is 34.1 Å². The summed E-state index contributed by atoms with van der Waals surface area (Å²) < 4.78 is 5.77. The van der Waals surface area contributed by atoms with Crippen molar-refractivity contribution in [1.82, 2.24) is 10.7 Å². The molecule has 0 rings (SSSR count). The molecule has 0 bridgehead atoms. The fraction of sp³-hybridized carbons (Fsp3) is 0.923. The average Bonchev–Trinajstić information content (AvgIpc) is 2.29. The van der Waals surface area contributed by atoms with E-state index in [1.54, 1.807) is 0 Å². The van der Waals surface area contributed by atoms with Gasteiger partial charge in [0.25, 0.3) is 0 Å². The molecule has 1 amide bonds. The molecule has 0 saturated heterocycles. The van der Waals surface area contributed by atoms with Gasteiger partial charge in [-0.25, -0.2) is 0 Å². The van der Waals surface area contributed by atoms with Crippen molar-refractivity contribution in [2.45, 2.75) is 66.0 Å². The Bertz CT molecular complexity index is 228. The van der Waals surface area contributed by atoms with Gasteiger partial charge in [0, 0.05) is 19.0 Å². The highest BCUT2D eigenvalue weighted by Crippen LogP contribution is 2.16. The Kier molecular flexibility index (Phi) is 10.2. The van der Waals surface area contributed by atoms with Crippen LogP contribution in [0, 0.1) is 0 Å². The van der Waals surface area contributed by atoms with Gasteiger partial charge in [0.15, 0.2) is 0 Å². The molecule has 0 saturated carbocycles. The molecular formula is C13H31N3O2. The Morgan fingerprint density at radius 2 is 1.72 bits per heavy atom. The molecule has 0 aliphatic rings. The lowest BCUT2D eigenvalue weighted by molar-refractivity contribution is -0.119. The topological polar surface area (TPSA) is 76.4 Å². The van der Waals surface area contributed by atoms with Crippen molar-refractivity contribution in [1.29, 1.82) is 0 Å². The number of nitrogens with one attached hydrogen (secondary N) is 2. The summed E-state index contributed by atoms with van der Waals surface area (Å²) in [6.07, 6.45) is 0.771. The van der Waals surface area contributed by atoms with Crippen molar-refractivity contribution in [3.8, 4) is 0 Å². The van der Waals surface area contributed by atoms with Gasteiger partial charge in [-0.3, -0.25) is 16.1 Å². The minimum atomic E-state index is -0.267. The van der Waals surface area contributed by atoms with Crippen LogP contribution in [0.4, 0.5) is 0 Å². The lowest BCUT2D eigenvalue weighted by Crippen LogP contribution is -2.49. The molecule has 4 N–H and O–H groups in total. The van der Waals surface area contributed by atoms with Crippen molar-refractivity contribution in [3.05, 3.63) is 0 Å². The summed E-state index contributed by atoms with van der Waals surface area (Å²) in [5.74, 6) is 5.37. The zero-order valence-electron chi connectivity index (χ0n) is 13.0. The highest BCUT2D eigenvalue weighted by molar-refractivity contribution is 5.72. The van der Waals surface area contributed by atoms with Crippen LogP contribution >= 0.6 is 0 Å². The van der Waals surface area contributed by atoms with E-state index in [1.807, 2.05) is 41.5 Å². The third-order valence-corrected chi connectivity index (χ3v) is 2.32. The summed E-state index contributed by atoms with van der Waals surface area (Å²) in [6.45, 7) is 14.6. The van der Waals surface area contributed by atoms with E-state index in [-0.39, 0.29) is 17.0 Å². The second kappa shape index (κ2) is 9.30. The molecule has 0 aliphatic carbocycles. The first-order valence-electron chi connectivity index (χ1n) is 6.55. The maximum absolute atomic E-state index is 10.7. The number of rotatable bonds is 7. The van der Waals surface area contributed by atoms with Crippen LogP contribution in [0.15, 0.2) is 0 Å². The van der Waals surface area contributed by atoms with E-state index in [0.29, 0.717) is 13.2 Å². The zero-order chi connectivity index (χ0) is 14.8. The Morgan fingerprint density at radius 1 is 1.22 bits per heavy atom. The van der Waals surface area contributed by atoms with E-state index in [1.165, 1.54) is 6.92 Å². The van der Waals surface area contributed by atoms with Gasteiger partial charge in [0.1, 0.15) is 0 Å². The third kappa shape index (κ3) is 11.8. The molecule has 0 radical (unpaired) electrons. The molecule has 0 fully saturated rings. The summed E-state index contributed by atoms with van der Waals surface area (Å²) >= 11 is 0. The van der Waals surface area contributed by atoms with Crippen molar-refractivity contribution in [3.63, 3.8) is 0 Å². The maximum Gasteiger partial charge on any atom is 0.216 e. The van der Waals surface area contributed by atoms with Crippen molar-refractivity contribution < 1.29 is 9.53 Å². The van der Waals surface area contributed by atoms with Gasteiger partial charge in [-0.2, -0.15) is 0 Å². The monoisotopic (exact) mass is 261 g/mol. The molecule has 0 heterocycles. The first kappa shape index (κ1) is 19.7. The van der Waals surface area contributed by atoms with Gasteiger partial charge >= 0.3 is 0 Å². The van der Waals surface area contributed by atoms with E-state index in [4.69, 9.17) is 10.6 Å². The summed E-state index contributed by atoms with van der Waals surface area (Å²) in [5.41, 5.74) is 2.18. The molecule has 5 heteroatoms. The quantitative estimate of drug-likeness (QED) is 0.480. The minimum absolute atomic E-state index is 0.0141. The highest BCUT2D eigenvalue weighted by atomic mass is 16.5. The molecule has 0 aliphatic heterocycles. The van der Waals surface area contributed by atoms with Crippen molar-refractivity contribution in [2.24, 2.45) is 5.84 Å². The summed E-state index contributed by atoms with van der Waals surface area (Å²) in [7, 11) is 0. The average molecular weight is 261 g/mol. The number of hydrogen-bond donors (Lipinski definition) is 3. The molecular weight excluding hydrogens is 230 g/mol. The second-order valence-electron chi connectivity index (χ2n) is 5.31. The van der Waals surface area contributed by atoms with E-state index in [0.717, 1.165) is 6.42 Å². The number of carbonyl (C=O) groups is 1. The van der Waals surface area contributed by atoms with Crippen LogP contribution in [0.1, 0.15) is 54.9 Å². The maximum atomic E-state index is 10.7. The van der Waals surface area contributed by atoms with Crippen LogP contribution in [-0.2, 0) is 9.53 Å². The summed E-state index contributed by atoms with van der Waals surface area (Å²) in [6, 6.07) is 0. The fourth-order valence-corrected chi connectivity index (χ4v) is 1.03. The number of amides is 1. The van der Waals surface area contributed by atoms with Crippen molar-refractivity contribution in [2.75, 3.05) is 13.2 Å². The zero-order valence-corrected chi connectivity index (χ0v) is 13.0.